The van der Waals surface area contributed by atoms with Gasteiger partial charge in [0.1, 0.15) is 5.60 Å². The zero-order valence-electron chi connectivity index (χ0n) is 10.9. The van der Waals surface area contributed by atoms with Crippen LogP contribution in [0.4, 0.5) is 0 Å². The summed E-state index contributed by atoms with van der Waals surface area (Å²) in [5.74, 6) is -0.245. The minimum atomic E-state index is -1.29. The van der Waals surface area contributed by atoms with Crippen LogP contribution in [0.5, 0.6) is 0 Å². The molecule has 1 N–H and O–H groups in total. The molecule has 1 saturated carbocycles. The van der Waals surface area contributed by atoms with Gasteiger partial charge in [0.05, 0.1) is 0 Å². The SMILES string of the molecule is C=CCC1C(O)(CC=C)C(=O)C1(CC=C)CC=C. The van der Waals surface area contributed by atoms with Crippen LogP contribution in [-0.2, 0) is 4.79 Å². The van der Waals surface area contributed by atoms with Gasteiger partial charge in [0.2, 0.25) is 0 Å². The molecule has 18 heavy (non-hydrogen) atoms. The van der Waals surface area contributed by atoms with Gasteiger partial charge in [-0.25, -0.2) is 0 Å². The molecule has 98 valence electrons. The number of rotatable bonds is 8. The summed E-state index contributed by atoms with van der Waals surface area (Å²) in [6, 6.07) is 0. The molecular weight excluding hydrogens is 224 g/mol. The maximum absolute atomic E-state index is 12.4. The van der Waals surface area contributed by atoms with E-state index in [0.29, 0.717) is 25.7 Å². The molecule has 0 bridgehead atoms. The van der Waals surface area contributed by atoms with Gasteiger partial charge in [-0.2, -0.15) is 0 Å². The van der Waals surface area contributed by atoms with Crippen molar-refractivity contribution in [3.8, 4) is 0 Å². The molecule has 1 rings (SSSR count). The van der Waals surface area contributed by atoms with Crippen LogP contribution < -0.4 is 0 Å². The van der Waals surface area contributed by atoms with E-state index in [1.165, 1.54) is 0 Å². The van der Waals surface area contributed by atoms with Crippen molar-refractivity contribution >= 4 is 5.78 Å². The number of hydrogen-bond acceptors (Lipinski definition) is 2. The minimum Gasteiger partial charge on any atom is -0.381 e. The molecule has 0 aliphatic heterocycles. The molecule has 2 heteroatoms. The topological polar surface area (TPSA) is 37.3 Å². The van der Waals surface area contributed by atoms with E-state index in [2.05, 4.69) is 26.3 Å². The first-order valence-corrected chi connectivity index (χ1v) is 6.24. The Labute approximate surface area is 109 Å². The molecule has 1 aliphatic rings. The van der Waals surface area contributed by atoms with Crippen molar-refractivity contribution in [3.63, 3.8) is 0 Å². The fourth-order valence-electron chi connectivity index (χ4n) is 3.24. The lowest BCUT2D eigenvalue weighted by molar-refractivity contribution is -0.196. The first kappa shape index (κ1) is 14.7. The highest BCUT2D eigenvalue weighted by molar-refractivity contribution is 6.00. The summed E-state index contributed by atoms with van der Waals surface area (Å²) in [7, 11) is 0. The van der Waals surface area contributed by atoms with E-state index in [9.17, 15) is 9.90 Å². The second-order valence-electron chi connectivity index (χ2n) is 4.96. The summed E-state index contributed by atoms with van der Waals surface area (Å²) in [4.78, 5) is 12.4. The first-order valence-electron chi connectivity index (χ1n) is 6.24. The number of aliphatic hydroxyl groups is 1. The Morgan fingerprint density at radius 1 is 1.00 bits per heavy atom. The summed E-state index contributed by atoms with van der Waals surface area (Å²) in [6.45, 7) is 14.8. The van der Waals surface area contributed by atoms with E-state index in [-0.39, 0.29) is 11.7 Å². The lowest BCUT2D eigenvalue weighted by Crippen LogP contribution is -2.70. The minimum absolute atomic E-state index is 0.110. The third-order valence-electron chi connectivity index (χ3n) is 3.96. The lowest BCUT2D eigenvalue weighted by atomic mass is 9.46. The summed E-state index contributed by atoms with van der Waals surface area (Å²) in [6.07, 6.45) is 8.87. The van der Waals surface area contributed by atoms with Crippen molar-refractivity contribution in [1.29, 1.82) is 0 Å². The van der Waals surface area contributed by atoms with E-state index >= 15 is 0 Å². The molecule has 0 spiro atoms. The van der Waals surface area contributed by atoms with Crippen LogP contribution in [0.25, 0.3) is 0 Å². The predicted octanol–water partition coefficient (Wildman–Crippen LogP) is 3.21. The molecular formula is C16H22O2. The van der Waals surface area contributed by atoms with Crippen LogP contribution >= 0.6 is 0 Å². The summed E-state index contributed by atoms with van der Waals surface area (Å²) in [5.41, 5.74) is -1.85. The molecule has 0 aromatic rings. The number of carbonyl (C=O) groups is 1. The smallest absolute Gasteiger partial charge is 0.172 e. The van der Waals surface area contributed by atoms with Gasteiger partial charge >= 0.3 is 0 Å². The lowest BCUT2D eigenvalue weighted by Gasteiger charge is -2.58. The Morgan fingerprint density at radius 3 is 1.89 bits per heavy atom. The van der Waals surface area contributed by atoms with Crippen molar-refractivity contribution in [1.82, 2.24) is 0 Å². The quantitative estimate of drug-likeness (QED) is 0.668. The summed E-state index contributed by atoms with van der Waals surface area (Å²) >= 11 is 0. The van der Waals surface area contributed by atoms with Crippen molar-refractivity contribution in [2.75, 3.05) is 0 Å². The van der Waals surface area contributed by atoms with Gasteiger partial charge in [-0.05, 0) is 19.3 Å². The third-order valence-corrected chi connectivity index (χ3v) is 3.96. The van der Waals surface area contributed by atoms with Crippen LogP contribution in [0.3, 0.4) is 0 Å². The molecule has 1 aliphatic carbocycles. The van der Waals surface area contributed by atoms with Gasteiger partial charge in [0.15, 0.2) is 5.78 Å². The van der Waals surface area contributed by atoms with Gasteiger partial charge in [0, 0.05) is 17.8 Å². The maximum Gasteiger partial charge on any atom is 0.172 e. The molecule has 0 radical (unpaired) electrons. The highest BCUT2D eigenvalue weighted by atomic mass is 16.3. The Kier molecular flexibility index (Phi) is 4.47. The maximum atomic E-state index is 12.4. The van der Waals surface area contributed by atoms with E-state index < -0.39 is 11.0 Å². The third kappa shape index (κ3) is 1.91. The second kappa shape index (κ2) is 5.49. The Bertz CT molecular complexity index is 371. The fourth-order valence-corrected chi connectivity index (χ4v) is 3.24. The normalized spacial score (nSPS) is 29.2. The van der Waals surface area contributed by atoms with E-state index in [4.69, 9.17) is 0 Å². The van der Waals surface area contributed by atoms with Gasteiger partial charge in [0.25, 0.3) is 0 Å². The van der Waals surface area contributed by atoms with E-state index in [1.54, 1.807) is 24.3 Å². The van der Waals surface area contributed by atoms with Crippen molar-refractivity contribution in [3.05, 3.63) is 50.6 Å². The monoisotopic (exact) mass is 246 g/mol. The Balaban J connectivity index is 3.14. The number of ketones is 1. The van der Waals surface area contributed by atoms with Crippen LogP contribution in [0.1, 0.15) is 25.7 Å². The largest absolute Gasteiger partial charge is 0.381 e. The molecule has 0 aromatic carbocycles. The summed E-state index contributed by atoms with van der Waals surface area (Å²) < 4.78 is 0. The number of allylic oxidation sites excluding steroid dienone is 3. The average molecular weight is 246 g/mol. The van der Waals surface area contributed by atoms with Gasteiger partial charge in [-0.1, -0.05) is 24.3 Å². The molecule has 2 unspecified atom stereocenters. The molecule has 0 aromatic heterocycles. The summed E-state index contributed by atoms with van der Waals surface area (Å²) in [5, 5.41) is 10.5. The standard InChI is InChI=1S/C16H22O2/c1-5-9-13-15(10-6-2,11-7-3)14(17)16(13,18)12-8-4/h5-8,13,18H,1-4,9-12H2. The molecule has 2 nitrogen and oxygen atoms in total. The van der Waals surface area contributed by atoms with Crippen LogP contribution in [0, 0.1) is 11.3 Å². The molecule has 1 fully saturated rings. The number of carbonyl (C=O) groups excluding carboxylic acids is 1. The van der Waals surface area contributed by atoms with Crippen LogP contribution in [0.2, 0.25) is 0 Å². The predicted molar refractivity (Wildman–Crippen MR) is 75.1 cm³/mol. The highest BCUT2D eigenvalue weighted by Crippen LogP contribution is 2.58. The van der Waals surface area contributed by atoms with Crippen LogP contribution in [-0.4, -0.2) is 16.5 Å². The Morgan fingerprint density at radius 2 is 1.50 bits per heavy atom. The van der Waals surface area contributed by atoms with E-state index in [1.807, 2.05) is 0 Å². The van der Waals surface area contributed by atoms with Crippen molar-refractivity contribution in [2.24, 2.45) is 11.3 Å². The zero-order chi connectivity index (χ0) is 13.8. The molecule has 2 atom stereocenters. The number of hydrogen-bond donors (Lipinski definition) is 1. The Hall–Kier alpha value is -1.41. The molecule has 0 amide bonds. The number of Topliss-reactive ketones (excluding diaryl/α,β-unsaturated/α-hetero) is 1. The van der Waals surface area contributed by atoms with E-state index in [0.717, 1.165) is 0 Å². The highest BCUT2D eigenvalue weighted by Gasteiger charge is 2.67. The van der Waals surface area contributed by atoms with Crippen LogP contribution in [0.15, 0.2) is 50.6 Å². The van der Waals surface area contributed by atoms with Gasteiger partial charge in [-0.3, -0.25) is 4.79 Å². The molecule has 0 heterocycles. The zero-order valence-corrected chi connectivity index (χ0v) is 10.9. The first-order chi connectivity index (χ1) is 8.53. The van der Waals surface area contributed by atoms with Crippen molar-refractivity contribution < 1.29 is 9.90 Å². The van der Waals surface area contributed by atoms with Gasteiger partial charge < -0.3 is 5.11 Å². The average Bonchev–Trinajstić information content (AvgIpc) is 2.35. The van der Waals surface area contributed by atoms with Gasteiger partial charge in [-0.15, -0.1) is 26.3 Å². The molecule has 0 saturated heterocycles. The second-order valence-corrected chi connectivity index (χ2v) is 4.96. The van der Waals surface area contributed by atoms with Crippen molar-refractivity contribution in [2.45, 2.75) is 31.3 Å². The fraction of sp³-hybridized carbons (Fsp3) is 0.438.